The molecule has 20 heavy (non-hydrogen) atoms. The fourth-order valence-corrected chi connectivity index (χ4v) is 2.02. The number of alkyl carbamates (subject to hydrolysis) is 1. The standard InChI is InChI=1S/C13H17N3O4/c1-14-13(19)20-8-11(18)12-9-4-2-3-5-10(9)15-16(12)6-7-17/h2-5,11,17-18H,6-8H2,1H3,(H,14,19)/t11-/m1/s1. The molecule has 2 aromatic rings. The van der Waals surface area contributed by atoms with Crippen molar-refractivity contribution in [3.63, 3.8) is 0 Å². The van der Waals surface area contributed by atoms with Crippen molar-refractivity contribution < 1.29 is 19.7 Å². The number of fused-ring (bicyclic) bond motifs is 1. The van der Waals surface area contributed by atoms with E-state index in [1.54, 1.807) is 0 Å². The average Bonchev–Trinajstić information content (AvgIpc) is 2.82. The number of aromatic nitrogens is 2. The lowest BCUT2D eigenvalue weighted by molar-refractivity contribution is 0.0641. The van der Waals surface area contributed by atoms with Crippen molar-refractivity contribution in [3.05, 3.63) is 30.0 Å². The van der Waals surface area contributed by atoms with E-state index in [0.717, 1.165) is 10.9 Å². The van der Waals surface area contributed by atoms with Crippen LogP contribution in [-0.4, -0.2) is 46.3 Å². The molecule has 0 saturated heterocycles. The lowest BCUT2D eigenvalue weighted by Gasteiger charge is -2.13. The lowest BCUT2D eigenvalue weighted by atomic mass is 10.1. The molecule has 1 atom stereocenters. The number of hydrogen-bond acceptors (Lipinski definition) is 5. The zero-order valence-corrected chi connectivity index (χ0v) is 11.1. The second-order valence-corrected chi connectivity index (χ2v) is 4.21. The van der Waals surface area contributed by atoms with Crippen LogP contribution >= 0.6 is 0 Å². The molecule has 1 heterocycles. The zero-order chi connectivity index (χ0) is 14.5. The number of carbonyl (C=O) groups is 1. The van der Waals surface area contributed by atoms with Crippen molar-refractivity contribution >= 4 is 17.0 Å². The van der Waals surface area contributed by atoms with Gasteiger partial charge in [-0.05, 0) is 6.07 Å². The highest BCUT2D eigenvalue weighted by Gasteiger charge is 2.19. The van der Waals surface area contributed by atoms with E-state index in [-0.39, 0.29) is 19.8 Å². The monoisotopic (exact) mass is 279 g/mol. The van der Waals surface area contributed by atoms with Crippen molar-refractivity contribution in [1.29, 1.82) is 0 Å². The van der Waals surface area contributed by atoms with E-state index in [1.807, 2.05) is 24.3 Å². The van der Waals surface area contributed by atoms with Crippen LogP contribution in [0.25, 0.3) is 10.9 Å². The third-order valence-electron chi connectivity index (χ3n) is 2.89. The maximum Gasteiger partial charge on any atom is 0.406 e. The number of ether oxygens (including phenoxy) is 1. The van der Waals surface area contributed by atoms with Gasteiger partial charge in [0.2, 0.25) is 0 Å². The fraction of sp³-hybridized carbons (Fsp3) is 0.385. The highest BCUT2D eigenvalue weighted by Crippen LogP contribution is 2.24. The van der Waals surface area contributed by atoms with E-state index >= 15 is 0 Å². The van der Waals surface area contributed by atoms with E-state index in [9.17, 15) is 9.90 Å². The van der Waals surface area contributed by atoms with Crippen LogP contribution in [-0.2, 0) is 11.3 Å². The summed E-state index contributed by atoms with van der Waals surface area (Å²) in [5, 5.41) is 26.7. The van der Waals surface area contributed by atoms with E-state index in [0.29, 0.717) is 5.69 Å². The van der Waals surface area contributed by atoms with Gasteiger partial charge in [0, 0.05) is 12.4 Å². The van der Waals surface area contributed by atoms with Crippen molar-refractivity contribution in [3.8, 4) is 0 Å². The Morgan fingerprint density at radius 2 is 2.25 bits per heavy atom. The first-order valence-corrected chi connectivity index (χ1v) is 6.26. The quantitative estimate of drug-likeness (QED) is 0.737. The lowest BCUT2D eigenvalue weighted by Crippen LogP contribution is -2.23. The number of rotatable bonds is 5. The minimum Gasteiger partial charge on any atom is -0.446 e. The van der Waals surface area contributed by atoms with Crippen molar-refractivity contribution in [2.45, 2.75) is 12.6 Å². The summed E-state index contributed by atoms with van der Waals surface area (Å²) in [7, 11) is 1.44. The minimum atomic E-state index is -1.01. The van der Waals surface area contributed by atoms with Crippen LogP contribution < -0.4 is 5.32 Å². The third kappa shape index (κ3) is 2.89. The number of amides is 1. The molecular weight excluding hydrogens is 262 g/mol. The first kappa shape index (κ1) is 14.3. The van der Waals surface area contributed by atoms with E-state index < -0.39 is 12.2 Å². The number of nitrogens with one attached hydrogen (secondary N) is 1. The Bertz CT molecular complexity index is 596. The molecule has 0 aliphatic heterocycles. The van der Waals surface area contributed by atoms with Crippen molar-refractivity contribution in [2.24, 2.45) is 0 Å². The largest absolute Gasteiger partial charge is 0.446 e. The van der Waals surface area contributed by atoms with Gasteiger partial charge in [0.25, 0.3) is 0 Å². The van der Waals surface area contributed by atoms with Crippen molar-refractivity contribution in [1.82, 2.24) is 15.1 Å². The predicted molar refractivity (Wildman–Crippen MR) is 72.2 cm³/mol. The number of benzene rings is 1. The number of carbonyl (C=O) groups excluding carboxylic acids is 1. The summed E-state index contributed by atoms with van der Waals surface area (Å²) in [5.74, 6) is 0. The number of aliphatic hydroxyl groups excluding tert-OH is 2. The van der Waals surface area contributed by atoms with Gasteiger partial charge >= 0.3 is 6.09 Å². The molecule has 7 heteroatoms. The molecule has 3 N–H and O–H groups in total. The van der Waals surface area contributed by atoms with Crippen LogP contribution in [0.1, 0.15) is 11.8 Å². The van der Waals surface area contributed by atoms with Gasteiger partial charge in [-0.2, -0.15) is 5.10 Å². The molecule has 0 radical (unpaired) electrons. The highest BCUT2D eigenvalue weighted by molar-refractivity contribution is 5.81. The van der Waals surface area contributed by atoms with Gasteiger partial charge in [-0.25, -0.2) is 4.79 Å². The second-order valence-electron chi connectivity index (χ2n) is 4.21. The van der Waals surface area contributed by atoms with Gasteiger partial charge in [-0.3, -0.25) is 4.68 Å². The van der Waals surface area contributed by atoms with Crippen LogP contribution in [0.15, 0.2) is 24.3 Å². The predicted octanol–water partition coefficient (Wildman–Crippen LogP) is 0.418. The molecule has 2 rings (SSSR count). The van der Waals surface area contributed by atoms with E-state index in [1.165, 1.54) is 11.7 Å². The van der Waals surface area contributed by atoms with Gasteiger partial charge in [-0.15, -0.1) is 0 Å². The molecule has 0 unspecified atom stereocenters. The molecule has 1 aromatic carbocycles. The number of hydrogen-bond donors (Lipinski definition) is 3. The normalized spacial score (nSPS) is 12.3. The topological polar surface area (TPSA) is 96.6 Å². The van der Waals surface area contributed by atoms with Gasteiger partial charge in [0.15, 0.2) is 0 Å². The van der Waals surface area contributed by atoms with Crippen LogP contribution in [0, 0.1) is 0 Å². The smallest absolute Gasteiger partial charge is 0.406 e. The summed E-state index contributed by atoms with van der Waals surface area (Å²) in [6, 6.07) is 7.33. The molecule has 1 aromatic heterocycles. The molecule has 0 bridgehead atoms. The van der Waals surface area contributed by atoms with E-state index in [4.69, 9.17) is 9.84 Å². The van der Waals surface area contributed by atoms with E-state index in [2.05, 4.69) is 10.4 Å². The molecule has 1 amide bonds. The maximum absolute atomic E-state index is 11.1. The summed E-state index contributed by atoms with van der Waals surface area (Å²) < 4.78 is 6.39. The summed E-state index contributed by atoms with van der Waals surface area (Å²) in [6.45, 7) is -0.00809. The third-order valence-corrected chi connectivity index (χ3v) is 2.89. The van der Waals surface area contributed by atoms with Gasteiger partial charge in [-0.1, -0.05) is 18.2 Å². The number of nitrogens with zero attached hydrogens (tertiary/aromatic N) is 2. The first-order chi connectivity index (χ1) is 9.67. The van der Waals surface area contributed by atoms with Gasteiger partial charge < -0.3 is 20.3 Å². The molecule has 0 aliphatic rings. The van der Waals surface area contributed by atoms with Crippen LogP contribution in [0.4, 0.5) is 4.79 Å². The summed E-state index contributed by atoms with van der Waals surface area (Å²) in [5.41, 5.74) is 1.24. The number of aliphatic hydroxyl groups is 2. The first-order valence-electron chi connectivity index (χ1n) is 6.26. The molecular formula is C13H17N3O4. The van der Waals surface area contributed by atoms with Crippen LogP contribution in [0.3, 0.4) is 0 Å². The SMILES string of the molecule is CNC(=O)OC[C@@H](O)c1c2ccccc2nn1CCO. The summed E-state index contributed by atoms with van der Waals surface area (Å²) in [4.78, 5) is 11.1. The maximum atomic E-state index is 11.1. The van der Waals surface area contributed by atoms with Crippen molar-refractivity contribution in [2.75, 3.05) is 20.3 Å². The molecule has 108 valence electrons. The Hall–Kier alpha value is -2.12. The molecule has 0 fully saturated rings. The molecule has 7 nitrogen and oxygen atoms in total. The molecule has 0 aliphatic carbocycles. The second kappa shape index (κ2) is 6.36. The Morgan fingerprint density at radius 1 is 1.50 bits per heavy atom. The Kier molecular flexibility index (Phi) is 4.54. The Morgan fingerprint density at radius 3 is 2.95 bits per heavy atom. The van der Waals surface area contributed by atoms with Crippen LogP contribution in [0.5, 0.6) is 0 Å². The molecule has 0 spiro atoms. The molecule has 0 saturated carbocycles. The average molecular weight is 279 g/mol. The van der Waals surface area contributed by atoms with Gasteiger partial charge in [0.05, 0.1) is 24.4 Å². The Labute approximate surface area is 115 Å². The van der Waals surface area contributed by atoms with Crippen LogP contribution in [0.2, 0.25) is 0 Å². The Balaban J connectivity index is 2.30. The summed E-state index contributed by atoms with van der Waals surface area (Å²) in [6.07, 6.45) is -1.62. The fourth-order valence-electron chi connectivity index (χ4n) is 2.02. The highest BCUT2D eigenvalue weighted by atomic mass is 16.6. The minimum absolute atomic E-state index is 0.0932. The summed E-state index contributed by atoms with van der Waals surface area (Å²) >= 11 is 0. The van der Waals surface area contributed by atoms with Gasteiger partial charge in [0.1, 0.15) is 12.7 Å². The zero-order valence-electron chi connectivity index (χ0n) is 11.1.